The molecule has 1 fully saturated rings. The molecule has 1 N–H and O–H groups in total. The molecular weight excluding hydrogens is 230 g/mol. The van der Waals surface area contributed by atoms with Crippen molar-refractivity contribution in [2.45, 2.75) is 49.0 Å². The second-order valence-corrected chi connectivity index (χ2v) is 6.94. The van der Waals surface area contributed by atoms with Crippen LogP contribution in [0, 0.1) is 0 Å². The SMILES string of the molecule is CC1(C)Oc2cc(C3CCCCN3)ccc2S1. The predicted octanol–water partition coefficient (Wildman–Crippen LogP) is 3.72. The van der Waals surface area contributed by atoms with E-state index in [4.69, 9.17) is 4.74 Å². The summed E-state index contributed by atoms with van der Waals surface area (Å²) in [5, 5.41) is 3.58. The van der Waals surface area contributed by atoms with Crippen LogP contribution >= 0.6 is 11.8 Å². The zero-order valence-electron chi connectivity index (χ0n) is 10.5. The Bertz CT molecular complexity index is 424. The summed E-state index contributed by atoms with van der Waals surface area (Å²) in [6.45, 7) is 5.38. The van der Waals surface area contributed by atoms with Crippen LogP contribution in [-0.2, 0) is 0 Å². The van der Waals surface area contributed by atoms with Crippen molar-refractivity contribution < 1.29 is 4.74 Å². The van der Waals surface area contributed by atoms with Crippen molar-refractivity contribution in [2.75, 3.05) is 6.54 Å². The maximum Gasteiger partial charge on any atom is 0.153 e. The second kappa shape index (κ2) is 4.21. The van der Waals surface area contributed by atoms with Crippen molar-refractivity contribution in [3.05, 3.63) is 23.8 Å². The summed E-state index contributed by atoms with van der Waals surface area (Å²) in [4.78, 5) is 1.16. The molecule has 1 aromatic rings. The average Bonchev–Trinajstić information content (AvgIpc) is 2.63. The molecule has 1 saturated heterocycles. The van der Waals surface area contributed by atoms with Gasteiger partial charge < -0.3 is 10.1 Å². The predicted molar refractivity (Wildman–Crippen MR) is 71.6 cm³/mol. The fourth-order valence-corrected chi connectivity index (χ4v) is 3.59. The molecule has 1 aromatic carbocycles. The van der Waals surface area contributed by atoms with E-state index >= 15 is 0 Å². The first-order chi connectivity index (χ1) is 8.14. The molecule has 0 saturated carbocycles. The van der Waals surface area contributed by atoms with Crippen molar-refractivity contribution in [2.24, 2.45) is 0 Å². The third-order valence-electron chi connectivity index (χ3n) is 3.39. The van der Waals surface area contributed by atoms with Crippen LogP contribution in [0.3, 0.4) is 0 Å². The van der Waals surface area contributed by atoms with Gasteiger partial charge in [0.1, 0.15) is 5.75 Å². The standard InChI is InChI=1S/C14H19NOS/c1-14(2)16-12-9-10(6-7-13(12)17-14)11-5-3-4-8-15-11/h6-7,9,11,15H,3-5,8H2,1-2H3. The van der Waals surface area contributed by atoms with Crippen LogP contribution in [0.1, 0.15) is 44.7 Å². The number of benzene rings is 1. The molecule has 3 rings (SSSR count). The molecule has 0 amide bonds. The molecule has 17 heavy (non-hydrogen) atoms. The molecule has 2 aliphatic rings. The highest BCUT2D eigenvalue weighted by molar-refractivity contribution is 8.00. The first kappa shape index (κ1) is 11.4. The molecule has 2 nitrogen and oxygen atoms in total. The number of fused-ring (bicyclic) bond motifs is 1. The van der Waals surface area contributed by atoms with Crippen LogP contribution < -0.4 is 10.1 Å². The van der Waals surface area contributed by atoms with Gasteiger partial charge in [0.2, 0.25) is 0 Å². The lowest BCUT2D eigenvalue weighted by Crippen LogP contribution is -2.26. The van der Waals surface area contributed by atoms with Gasteiger partial charge in [-0.25, -0.2) is 0 Å². The summed E-state index contributed by atoms with van der Waals surface area (Å²) in [6.07, 6.45) is 3.88. The van der Waals surface area contributed by atoms with E-state index in [0.29, 0.717) is 6.04 Å². The Morgan fingerprint density at radius 1 is 1.35 bits per heavy atom. The molecule has 0 spiro atoms. The van der Waals surface area contributed by atoms with Crippen LogP contribution in [-0.4, -0.2) is 11.5 Å². The number of piperidine rings is 1. The van der Waals surface area contributed by atoms with E-state index in [1.54, 1.807) is 11.8 Å². The smallest absolute Gasteiger partial charge is 0.153 e. The first-order valence-electron chi connectivity index (χ1n) is 6.39. The second-order valence-electron chi connectivity index (χ2n) is 5.31. The van der Waals surface area contributed by atoms with Crippen LogP contribution in [0.4, 0.5) is 0 Å². The molecule has 0 radical (unpaired) electrons. The average molecular weight is 249 g/mol. The van der Waals surface area contributed by atoms with Crippen molar-refractivity contribution >= 4 is 11.8 Å². The van der Waals surface area contributed by atoms with E-state index in [1.807, 2.05) is 0 Å². The van der Waals surface area contributed by atoms with E-state index < -0.39 is 0 Å². The highest BCUT2D eigenvalue weighted by Gasteiger charge is 2.31. The van der Waals surface area contributed by atoms with Crippen LogP contribution in [0.25, 0.3) is 0 Å². The fourth-order valence-electron chi connectivity index (χ4n) is 2.59. The van der Waals surface area contributed by atoms with Gasteiger partial charge in [-0.3, -0.25) is 0 Å². The zero-order valence-corrected chi connectivity index (χ0v) is 11.3. The van der Waals surface area contributed by atoms with Gasteiger partial charge >= 0.3 is 0 Å². The van der Waals surface area contributed by atoms with Crippen molar-refractivity contribution in [1.82, 2.24) is 5.32 Å². The molecule has 2 aliphatic heterocycles. The normalized spacial score (nSPS) is 26.4. The van der Waals surface area contributed by atoms with Gasteiger partial charge in [0.05, 0.1) is 4.90 Å². The Labute approximate surface area is 107 Å². The molecule has 0 bridgehead atoms. The molecule has 92 valence electrons. The topological polar surface area (TPSA) is 21.3 Å². The van der Waals surface area contributed by atoms with Gasteiger partial charge in [-0.05, 0) is 50.9 Å². The summed E-state index contributed by atoms with van der Waals surface area (Å²) in [6, 6.07) is 7.20. The zero-order chi connectivity index (χ0) is 11.9. The van der Waals surface area contributed by atoms with Gasteiger partial charge in [0.15, 0.2) is 4.93 Å². The molecule has 0 aromatic heterocycles. The summed E-state index contributed by atoms with van der Waals surface area (Å²) in [5.41, 5.74) is 1.38. The Hall–Kier alpha value is -0.670. The third kappa shape index (κ3) is 2.31. The molecule has 2 heterocycles. The number of hydrogen-bond acceptors (Lipinski definition) is 3. The molecular formula is C14H19NOS. The van der Waals surface area contributed by atoms with Gasteiger partial charge in [-0.1, -0.05) is 24.2 Å². The Balaban J connectivity index is 1.85. The lowest BCUT2D eigenvalue weighted by atomic mass is 9.97. The number of rotatable bonds is 1. The Morgan fingerprint density at radius 2 is 2.24 bits per heavy atom. The van der Waals surface area contributed by atoms with Crippen LogP contribution in [0.2, 0.25) is 0 Å². The van der Waals surface area contributed by atoms with Crippen LogP contribution in [0.5, 0.6) is 5.75 Å². The maximum absolute atomic E-state index is 5.96. The summed E-state index contributed by atoms with van der Waals surface area (Å²) in [7, 11) is 0. The van der Waals surface area contributed by atoms with Crippen molar-refractivity contribution in [3.8, 4) is 5.75 Å². The van der Waals surface area contributed by atoms with Crippen molar-refractivity contribution in [3.63, 3.8) is 0 Å². The molecule has 3 heteroatoms. The highest BCUT2D eigenvalue weighted by atomic mass is 32.2. The number of thioether (sulfide) groups is 1. The fraction of sp³-hybridized carbons (Fsp3) is 0.571. The lowest BCUT2D eigenvalue weighted by Gasteiger charge is -2.24. The molecule has 0 aliphatic carbocycles. The number of hydrogen-bond donors (Lipinski definition) is 1. The van der Waals surface area contributed by atoms with Gasteiger partial charge in [0, 0.05) is 6.04 Å². The number of ether oxygens (including phenoxy) is 1. The lowest BCUT2D eigenvalue weighted by molar-refractivity contribution is 0.214. The van der Waals surface area contributed by atoms with E-state index in [1.165, 1.54) is 29.7 Å². The first-order valence-corrected chi connectivity index (χ1v) is 7.21. The minimum absolute atomic E-state index is 0.110. The molecule has 1 atom stereocenters. The molecule has 1 unspecified atom stereocenters. The van der Waals surface area contributed by atoms with E-state index in [2.05, 4.69) is 37.4 Å². The minimum Gasteiger partial charge on any atom is -0.476 e. The Morgan fingerprint density at radius 3 is 3.00 bits per heavy atom. The quantitative estimate of drug-likeness (QED) is 0.819. The summed E-state index contributed by atoms with van der Waals surface area (Å²) in [5.74, 6) is 1.06. The van der Waals surface area contributed by atoms with Crippen LogP contribution in [0.15, 0.2) is 23.1 Å². The van der Waals surface area contributed by atoms with E-state index in [-0.39, 0.29) is 4.93 Å². The monoisotopic (exact) mass is 249 g/mol. The largest absolute Gasteiger partial charge is 0.476 e. The van der Waals surface area contributed by atoms with Crippen molar-refractivity contribution in [1.29, 1.82) is 0 Å². The highest BCUT2D eigenvalue weighted by Crippen LogP contribution is 2.47. The minimum atomic E-state index is -0.110. The van der Waals surface area contributed by atoms with E-state index in [0.717, 1.165) is 12.3 Å². The van der Waals surface area contributed by atoms with E-state index in [9.17, 15) is 0 Å². The van der Waals surface area contributed by atoms with Gasteiger partial charge in [0.25, 0.3) is 0 Å². The number of nitrogens with one attached hydrogen (secondary N) is 1. The summed E-state index contributed by atoms with van der Waals surface area (Å²) >= 11 is 1.81. The van der Waals surface area contributed by atoms with Gasteiger partial charge in [-0.15, -0.1) is 0 Å². The third-order valence-corrected chi connectivity index (χ3v) is 4.52. The Kier molecular flexibility index (Phi) is 2.83. The summed E-state index contributed by atoms with van der Waals surface area (Å²) < 4.78 is 5.96. The van der Waals surface area contributed by atoms with Gasteiger partial charge in [-0.2, -0.15) is 0 Å². The maximum atomic E-state index is 5.96.